The van der Waals surface area contributed by atoms with Crippen LogP contribution in [-0.2, 0) is 9.22 Å². The zero-order chi connectivity index (χ0) is 21.2. The lowest BCUT2D eigenvalue weighted by Gasteiger charge is -2.44. The van der Waals surface area contributed by atoms with Gasteiger partial charge >= 0.3 is 6.09 Å². The van der Waals surface area contributed by atoms with Crippen molar-refractivity contribution >= 4 is 30.7 Å². The van der Waals surface area contributed by atoms with Gasteiger partial charge in [0.25, 0.3) is 8.32 Å². The quantitative estimate of drug-likeness (QED) is 0.736. The molecule has 0 aromatic heterocycles. The first-order valence-corrected chi connectivity index (χ1v) is 11.7. The van der Waals surface area contributed by atoms with Gasteiger partial charge in [-0.15, -0.1) is 0 Å². The van der Waals surface area contributed by atoms with E-state index in [9.17, 15) is 14.7 Å². The molecule has 1 heterocycles. The number of hydrogen-bond donors (Lipinski definition) is 2. The fourth-order valence-corrected chi connectivity index (χ4v) is 8.99. The van der Waals surface area contributed by atoms with Crippen LogP contribution in [0.4, 0.5) is 4.79 Å². The van der Waals surface area contributed by atoms with E-state index in [1.54, 1.807) is 0 Å². The van der Waals surface area contributed by atoms with Crippen molar-refractivity contribution in [3.63, 3.8) is 0 Å². The number of nitrogens with two attached hydrogens (primary N) is 1. The Balaban J connectivity index is 2.10. The zero-order valence-electron chi connectivity index (χ0n) is 17.0. The maximum absolute atomic E-state index is 11.8. The lowest BCUT2D eigenvalue weighted by Crippen LogP contribution is -2.67. The highest BCUT2D eigenvalue weighted by molar-refractivity contribution is 6.99. The summed E-state index contributed by atoms with van der Waals surface area (Å²) in [4.78, 5) is 24.6. The number of amides is 2. The Morgan fingerprint density at radius 3 is 1.86 bits per heavy atom. The fraction of sp³-hybridized carbons (Fsp3) is 0.364. The lowest BCUT2D eigenvalue weighted by molar-refractivity contribution is -0.121. The van der Waals surface area contributed by atoms with Crippen molar-refractivity contribution < 1.29 is 19.1 Å². The number of hydrogen-bond acceptors (Lipinski definition) is 3. The summed E-state index contributed by atoms with van der Waals surface area (Å²) in [6, 6.07) is 19.4. The standard InChI is InChI=1S/C22H28N2O4Si/c1-22(2,3)29(17-10-6-4-7-11-17,18-12-8-5-9-13-18)28-16-14-19(20(23)25)24(15-16)21(26)27/h4-13,16,19H,14-15H2,1-3H3,(H2,23,25)(H,26,27)/t16-,19+/m1/s1. The molecule has 2 aromatic rings. The second kappa shape index (κ2) is 8.00. The highest BCUT2D eigenvalue weighted by atomic mass is 28.4. The van der Waals surface area contributed by atoms with Crippen molar-refractivity contribution in [2.24, 2.45) is 5.73 Å². The van der Waals surface area contributed by atoms with Crippen molar-refractivity contribution in [2.75, 3.05) is 6.54 Å². The summed E-state index contributed by atoms with van der Waals surface area (Å²) in [6.07, 6.45) is -1.29. The Bertz CT molecular complexity index is 806. The van der Waals surface area contributed by atoms with Crippen LogP contribution in [-0.4, -0.2) is 49.0 Å². The van der Waals surface area contributed by atoms with E-state index < -0.39 is 32.5 Å². The predicted octanol–water partition coefficient (Wildman–Crippen LogP) is 2.17. The van der Waals surface area contributed by atoms with Gasteiger partial charge in [0.05, 0.1) is 6.10 Å². The topological polar surface area (TPSA) is 92.9 Å². The van der Waals surface area contributed by atoms with Gasteiger partial charge in [0, 0.05) is 13.0 Å². The molecule has 2 atom stereocenters. The number of benzene rings is 2. The van der Waals surface area contributed by atoms with E-state index in [0.717, 1.165) is 15.3 Å². The third kappa shape index (κ3) is 3.93. The Morgan fingerprint density at radius 1 is 1.03 bits per heavy atom. The van der Waals surface area contributed by atoms with Gasteiger partial charge in [-0.05, 0) is 15.4 Å². The molecule has 154 valence electrons. The minimum absolute atomic E-state index is 0.132. The molecular weight excluding hydrogens is 384 g/mol. The normalized spacial score (nSPS) is 19.9. The Labute approximate surface area is 172 Å². The summed E-state index contributed by atoms with van der Waals surface area (Å²) in [5.41, 5.74) is 5.47. The molecule has 7 heteroatoms. The molecular formula is C22H28N2O4Si. The number of carbonyl (C=O) groups is 2. The van der Waals surface area contributed by atoms with Gasteiger partial charge in [0.15, 0.2) is 0 Å². The van der Waals surface area contributed by atoms with Crippen LogP contribution in [0.2, 0.25) is 5.04 Å². The van der Waals surface area contributed by atoms with Gasteiger partial charge in [-0.1, -0.05) is 81.4 Å². The smallest absolute Gasteiger partial charge is 0.408 e. The number of carboxylic acid groups (broad SMARTS) is 1. The van der Waals surface area contributed by atoms with Gasteiger partial charge in [-0.2, -0.15) is 0 Å². The first kappa shape index (κ1) is 21.1. The maximum atomic E-state index is 11.8. The fourth-order valence-electron chi connectivity index (χ4n) is 4.31. The van der Waals surface area contributed by atoms with Crippen LogP contribution in [0.15, 0.2) is 60.7 Å². The molecule has 0 saturated carbocycles. The molecule has 3 N–H and O–H groups in total. The van der Waals surface area contributed by atoms with Gasteiger partial charge < -0.3 is 15.3 Å². The number of nitrogens with zero attached hydrogens (tertiary/aromatic N) is 1. The van der Waals surface area contributed by atoms with Crippen LogP contribution < -0.4 is 16.1 Å². The molecule has 3 rings (SSSR count). The largest absolute Gasteiger partial charge is 0.465 e. The number of rotatable bonds is 5. The zero-order valence-corrected chi connectivity index (χ0v) is 18.0. The summed E-state index contributed by atoms with van der Waals surface area (Å²) in [5.74, 6) is -0.638. The van der Waals surface area contributed by atoms with Crippen molar-refractivity contribution in [3.8, 4) is 0 Å². The van der Waals surface area contributed by atoms with Crippen LogP contribution in [0, 0.1) is 0 Å². The van der Waals surface area contributed by atoms with Crippen molar-refractivity contribution in [3.05, 3.63) is 60.7 Å². The van der Waals surface area contributed by atoms with E-state index in [1.807, 2.05) is 36.4 Å². The first-order valence-electron chi connectivity index (χ1n) is 9.74. The SMILES string of the molecule is CC(C)(C)[Si](O[C@@H]1C[C@@H](C(N)=O)N(C(=O)O)C1)(c1ccccc1)c1ccccc1. The molecule has 2 amide bonds. The summed E-state index contributed by atoms with van der Waals surface area (Å²) in [7, 11) is -2.81. The van der Waals surface area contributed by atoms with E-state index in [2.05, 4.69) is 45.0 Å². The van der Waals surface area contributed by atoms with E-state index in [1.165, 1.54) is 0 Å². The third-order valence-electron chi connectivity index (χ3n) is 5.60. The summed E-state index contributed by atoms with van der Waals surface area (Å²) in [6.45, 7) is 6.62. The minimum Gasteiger partial charge on any atom is -0.465 e. The molecule has 0 radical (unpaired) electrons. The van der Waals surface area contributed by atoms with Crippen LogP contribution in [0.25, 0.3) is 0 Å². The molecule has 1 aliphatic rings. The van der Waals surface area contributed by atoms with E-state index in [4.69, 9.17) is 10.2 Å². The summed E-state index contributed by atoms with van der Waals surface area (Å²) < 4.78 is 6.92. The molecule has 29 heavy (non-hydrogen) atoms. The highest BCUT2D eigenvalue weighted by Crippen LogP contribution is 2.39. The van der Waals surface area contributed by atoms with Gasteiger partial charge in [0.2, 0.25) is 5.91 Å². The first-order chi connectivity index (χ1) is 13.7. The highest BCUT2D eigenvalue weighted by Gasteiger charge is 2.53. The number of likely N-dealkylation sites (tertiary alicyclic amines) is 1. The van der Waals surface area contributed by atoms with Crippen LogP contribution >= 0.6 is 0 Å². The molecule has 2 aromatic carbocycles. The molecule has 0 unspecified atom stereocenters. The Hall–Kier alpha value is -2.64. The van der Waals surface area contributed by atoms with Crippen molar-refractivity contribution in [1.29, 1.82) is 0 Å². The predicted molar refractivity (Wildman–Crippen MR) is 115 cm³/mol. The van der Waals surface area contributed by atoms with E-state index >= 15 is 0 Å². The van der Waals surface area contributed by atoms with Crippen LogP contribution in [0.1, 0.15) is 27.2 Å². The molecule has 1 aliphatic heterocycles. The molecule has 6 nitrogen and oxygen atoms in total. The molecule has 0 spiro atoms. The molecule has 1 fully saturated rings. The summed E-state index contributed by atoms with van der Waals surface area (Å²) >= 11 is 0. The summed E-state index contributed by atoms with van der Waals surface area (Å²) in [5, 5.41) is 11.5. The van der Waals surface area contributed by atoms with E-state index in [0.29, 0.717) is 0 Å². The van der Waals surface area contributed by atoms with Crippen LogP contribution in [0.3, 0.4) is 0 Å². The molecule has 0 bridgehead atoms. The van der Waals surface area contributed by atoms with Crippen molar-refractivity contribution in [2.45, 2.75) is 44.4 Å². The monoisotopic (exact) mass is 412 g/mol. The number of primary amides is 1. The van der Waals surface area contributed by atoms with Gasteiger partial charge in [-0.3, -0.25) is 9.69 Å². The van der Waals surface area contributed by atoms with Gasteiger partial charge in [0.1, 0.15) is 6.04 Å². The second-order valence-electron chi connectivity index (χ2n) is 8.49. The Morgan fingerprint density at radius 2 is 1.52 bits per heavy atom. The molecule has 1 saturated heterocycles. The Kier molecular flexibility index (Phi) is 5.82. The van der Waals surface area contributed by atoms with E-state index in [-0.39, 0.29) is 18.0 Å². The average molecular weight is 413 g/mol. The minimum atomic E-state index is -2.81. The van der Waals surface area contributed by atoms with Gasteiger partial charge in [-0.25, -0.2) is 4.79 Å². The van der Waals surface area contributed by atoms with Crippen LogP contribution in [0.5, 0.6) is 0 Å². The second-order valence-corrected chi connectivity index (χ2v) is 12.7. The van der Waals surface area contributed by atoms with Crippen molar-refractivity contribution in [1.82, 2.24) is 4.90 Å². The average Bonchev–Trinajstić information content (AvgIpc) is 3.11. The number of carbonyl (C=O) groups excluding carboxylic acids is 1. The molecule has 0 aliphatic carbocycles. The maximum Gasteiger partial charge on any atom is 0.408 e. The third-order valence-corrected chi connectivity index (χ3v) is 10.7. The lowest BCUT2D eigenvalue weighted by atomic mass is 10.2.